The molecule has 8 heteroatoms. The zero-order valence-corrected chi connectivity index (χ0v) is 11.1. The van der Waals surface area contributed by atoms with E-state index in [1.54, 1.807) is 19.2 Å². The van der Waals surface area contributed by atoms with Gasteiger partial charge in [0.2, 0.25) is 0 Å². The summed E-state index contributed by atoms with van der Waals surface area (Å²) in [5.41, 5.74) is 2.73. The lowest BCUT2D eigenvalue weighted by Gasteiger charge is -2.16. The van der Waals surface area contributed by atoms with Gasteiger partial charge < -0.3 is 10.3 Å². The minimum atomic E-state index is -3.08. The van der Waals surface area contributed by atoms with Gasteiger partial charge in [0.25, 0.3) is 5.91 Å². The molecule has 1 amide bonds. The Morgan fingerprint density at radius 1 is 1.50 bits per heavy atom. The number of hydrogen-bond acceptors (Lipinski definition) is 6. The molecule has 0 aliphatic heterocycles. The summed E-state index contributed by atoms with van der Waals surface area (Å²) in [6.45, 7) is 0.147. The molecule has 7 nitrogen and oxygen atoms in total. The Kier molecular flexibility index (Phi) is 4.62. The van der Waals surface area contributed by atoms with Gasteiger partial charge in [-0.05, 0) is 12.1 Å². The first-order valence-electron chi connectivity index (χ1n) is 5.19. The first-order valence-corrected chi connectivity index (χ1v) is 7.25. The quantitative estimate of drug-likeness (QED) is 0.552. The fourth-order valence-electron chi connectivity index (χ4n) is 1.23. The maximum absolute atomic E-state index is 11.9. The summed E-state index contributed by atoms with van der Waals surface area (Å²) in [5, 5.41) is 0. The number of sulfone groups is 1. The van der Waals surface area contributed by atoms with E-state index < -0.39 is 9.84 Å². The van der Waals surface area contributed by atoms with E-state index in [1.165, 1.54) is 11.1 Å². The lowest BCUT2D eigenvalue weighted by Crippen LogP contribution is -2.31. The first kappa shape index (κ1) is 14.4. The van der Waals surface area contributed by atoms with Crippen molar-refractivity contribution in [1.29, 1.82) is 0 Å². The van der Waals surface area contributed by atoms with Gasteiger partial charge in [-0.1, -0.05) is 0 Å². The molecule has 100 valence electrons. The van der Waals surface area contributed by atoms with Crippen LogP contribution in [0.25, 0.3) is 0 Å². The van der Waals surface area contributed by atoms with E-state index in [-0.39, 0.29) is 18.2 Å². The maximum atomic E-state index is 11.9. The molecule has 1 aromatic rings. The van der Waals surface area contributed by atoms with Crippen LogP contribution in [-0.2, 0) is 9.84 Å². The molecule has 0 aliphatic rings. The molecule has 0 saturated heterocycles. The molecule has 1 rings (SSSR count). The minimum Gasteiger partial charge on any atom is -0.341 e. The molecular weight excluding hydrogens is 256 g/mol. The predicted octanol–water partition coefficient (Wildman–Crippen LogP) is -0.516. The minimum absolute atomic E-state index is 0.0644. The Morgan fingerprint density at radius 2 is 2.17 bits per heavy atom. The molecule has 0 unspecified atom stereocenters. The average Bonchev–Trinajstić information content (AvgIpc) is 2.34. The second-order valence-corrected chi connectivity index (χ2v) is 6.19. The van der Waals surface area contributed by atoms with Crippen LogP contribution in [0.4, 0.5) is 5.82 Å². The van der Waals surface area contributed by atoms with E-state index in [0.29, 0.717) is 11.4 Å². The van der Waals surface area contributed by atoms with Crippen LogP contribution in [0.2, 0.25) is 0 Å². The normalized spacial score (nSPS) is 11.1. The van der Waals surface area contributed by atoms with Gasteiger partial charge >= 0.3 is 0 Å². The summed E-state index contributed by atoms with van der Waals surface area (Å²) in [4.78, 5) is 17.1. The number of nitrogen functional groups attached to an aromatic ring is 1. The van der Waals surface area contributed by atoms with Gasteiger partial charge in [-0.3, -0.25) is 4.79 Å². The van der Waals surface area contributed by atoms with Gasteiger partial charge in [0, 0.05) is 26.0 Å². The fourth-order valence-corrected chi connectivity index (χ4v) is 1.84. The summed E-state index contributed by atoms with van der Waals surface area (Å²) >= 11 is 0. The van der Waals surface area contributed by atoms with E-state index in [2.05, 4.69) is 10.4 Å². The van der Waals surface area contributed by atoms with Gasteiger partial charge in [-0.15, -0.1) is 0 Å². The molecule has 1 aromatic heterocycles. The van der Waals surface area contributed by atoms with E-state index in [0.717, 1.165) is 6.26 Å². The number of carbonyl (C=O) groups excluding carboxylic acids is 1. The van der Waals surface area contributed by atoms with Crippen LogP contribution in [-0.4, -0.2) is 49.8 Å². The summed E-state index contributed by atoms with van der Waals surface area (Å²) in [6, 6.07) is 3.14. The van der Waals surface area contributed by atoms with E-state index >= 15 is 0 Å². The lowest BCUT2D eigenvalue weighted by molar-refractivity contribution is 0.0803. The SMILES string of the molecule is CN(CCS(C)(=O)=O)C(=O)c1ccc(NN)nc1. The van der Waals surface area contributed by atoms with Crippen LogP contribution in [0.3, 0.4) is 0 Å². The van der Waals surface area contributed by atoms with Crippen molar-refractivity contribution in [2.75, 3.05) is 31.0 Å². The van der Waals surface area contributed by atoms with Gasteiger partial charge in [0.15, 0.2) is 0 Å². The van der Waals surface area contributed by atoms with Gasteiger partial charge in [0.05, 0.1) is 11.3 Å². The molecule has 3 N–H and O–H groups in total. The Hall–Kier alpha value is -1.67. The fraction of sp³-hybridized carbons (Fsp3) is 0.400. The van der Waals surface area contributed by atoms with Crippen LogP contribution in [0.15, 0.2) is 18.3 Å². The Morgan fingerprint density at radius 3 is 2.61 bits per heavy atom. The topological polar surface area (TPSA) is 105 Å². The average molecular weight is 272 g/mol. The number of rotatable bonds is 5. The highest BCUT2D eigenvalue weighted by molar-refractivity contribution is 7.90. The number of aromatic nitrogens is 1. The molecule has 0 spiro atoms. The highest BCUT2D eigenvalue weighted by Crippen LogP contribution is 2.06. The maximum Gasteiger partial charge on any atom is 0.255 e. The van der Waals surface area contributed by atoms with Gasteiger partial charge in [-0.2, -0.15) is 0 Å². The molecule has 0 aliphatic carbocycles. The number of hydrazine groups is 1. The second-order valence-electron chi connectivity index (χ2n) is 3.93. The summed E-state index contributed by atoms with van der Waals surface area (Å²) in [6.07, 6.45) is 2.52. The van der Waals surface area contributed by atoms with Crippen molar-refractivity contribution in [2.24, 2.45) is 5.84 Å². The number of amides is 1. The highest BCUT2D eigenvalue weighted by Gasteiger charge is 2.13. The van der Waals surface area contributed by atoms with Crippen molar-refractivity contribution in [2.45, 2.75) is 0 Å². The molecule has 0 atom stereocenters. The number of nitrogens with two attached hydrogens (primary N) is 1. The number of anilines is 1. The molecule has 0 bridgehead atoms. The summed E-state index contributed by atoms with van der Waals surface area (Å²) in [5.74, 6) is 5.26. The standard InChI is InChI=1S/C10H16N4O3S/c1-14(5-6-18(2,16)17)10(15)8-3-4-9(13-11)12-7-8/h3-4,7H,5-6,11H2,1-2H3,(H,12,13). The second kappa shape index (κ2) is 5.78. The summed E-state index contributed by atoms with van der Waals surface area (Å²) in [7, 11) is -1.54. The van der Waals surface area contributed by atoms with Crippen LogP contribution >= 0.6 is 0 Å². The third-order valence-corrected chi connectivity index (χ3v) is 3.23. The van der Waals surface area contributed by atoms with Gasteiger partial charge in [0.1, 0.15) is 15.7 Å². The van der Waals surface area contributed by atoms with Crippen LogP contribution in [0.1, 0.15) is 10.4 Å². The summed E-state index contributed by atoms with van der Waals surface area (Å²) < 4.78 is 22.0. The van der Waals surface area contributed by atoms with Crippen LogP contribution < -0.4 is 11.3 Å². The van der Waals surface area contributed by atoms with E-state index in [4.69, 9.17) is 5.84 Å². The molecule has 0 radical (unpaired) electrons. The zero-order chi connectivity index (χ0) is 13.8. The predicted molar refractivity (Wildman–Crippen MR) is 68.7 cm³/mol. The van der Waals surface area contributed by atoms with Crippen molar-refractivity contribution >= 4 is 21.6 Å². The highest BCUT2D eigenvalue weighted by atomic mass is 32.2. The first-order chi connectivity index (χ1) is 8.33. The number of pyridine rings is 1. The van der Waals surface area contributed by atoms with Crippen LogP contribution in [0, 0.1) is 0 Å². The Labute approximate surface area is 106 Å². The van der Waals surface area contributed by atoms with Crippen molar-refractivity contribution in [3.05, 3.63) is 23.9 Å². The molecule has 18 heavy (non-hydrogen) atoms. The molecule has 0 fully saturated rings. The molecule has 0 aromatic carbocycles. The lowest BCUT2D eigenvalue weighted by atomic mass is 10.2. The van der Waals surface area contributed by atoms with Crippen molar-refractivity contribution in [1.82, 2.24) is 9.88 Å². The third-order valence-electron chi connectivity index (χ3n) is 2.30. The van der Waals surface area contributed by atoms with E-state index in [1.807, 2.05) is 0 Å². The Bertz CT molecular complexity index is 512. The number of nitrogens with zero attached hydrogens (tertiary/aromatic N) is 2. The Balaban J connectivity index is 2.68. The largest absolute Gasteiger partial charge is 0.341 e. The van der Waals surface area contributed by atoms with Crippen LogP contribution in [0.5, 0.6) is 0 Å². The zero-order valence-electron chi connectivity index (χ0n) is 10.3. The molecule has 0 saturated carbocycles. The van der Waals surface area contributed by atoms with Crippen molar-refractivity contribution in [3.8, 4) is 0 Å². The van der Waals surface area contributed by atoms with Crippen molar-refractivity contribution in [3.63, 3.8) is 0 Å². The van der Waals surface area contributed by atoms with Gasteiger partial charge in [-0.25, -0.2) is 19.2 Å². The number of carbonyl (C=O) groups is 1. The van der Waals surface area contributed by atoms with Crippen molar-refractivity contribution < 1.29 is 13.2 Å². The smallest absolute Gasteiger partial charge is 0.255 e. The molecular formula is C10H16N4O3S. The third kappa shape index (κ3) is 4.30. The van der Waals surface area contributed by atoms with E-state index in [9.17, 15) is 13.2 Å². The number of nitrogens with one attached hydrogen (secondary N) is 1. The monoisotopic (exact) mass is 272 g/mol. The molecule has 1 heterocycles. The number of hydrogen-bond donors (Lipinski definition) is 2.